The Morgan fingerprint density at radius 3 is 2.94 bits per heavy atom. The molecular formula is C15H23NO. The first kappa shape index (κ1) is 12.6. The van der Waals surface area contributed by atoms with E-state index in [0.717, 1.165) is 19.8 Å². The molecule has 0 radical (unpaired) electrons. The minimum absolute atomic E-state index is 0.420. The molecule has 1 N–H and O–H groups in total. The maximum atomic E-state index is 5.40. The SMILES string of the molecule is CCOCC(C)NCc1ccc2c(c1)CCC2. The van der Waals surface area contributed by atoms with Crippen LogP contribution in [0.5, 0.6) is 0 Å². The van der Waals surface area contributed by atoms with Crippen LogP contribution in [-0.4, -0.2) is 19.3 Å². The summed E-state index contributed by atoms with van der Waals surface area (Å²) < 4.78 is 5.40. The molecule has 0 amide bonds. The van der Waals surface area contributed by atoms with Crippen LogP contribution in [0.1, 0.15) is 37.0 Å². The Hall–Kier alpha value is -0.860. The number of hydrogen-bond donors (Lipinski definition) is 1. The van der Waals surface area contributed by atoms with Crippen molar-refractivity contribution in [3.8, 4) is 0 Å². The van der Waals surface area contributed by atoms with Crippen LogP contribution in [0.25, 0.3) is 0 Å². The summed E-state index contributed by atoms with van der Waals surface area (Å²) in [5.41, 5.74) is 4.51. The fourth-order valence-corrected chi connectivity index (χ4v) is 2.38. The Morgan fingerprint density at radius 1 is 1.29 bits per heavy atom. The van der Waals surface area contributed by atoms with E-state index >= 15 is 0 Å². The summed E-state index contributed by atoms with van der Waals surface area (Å²) in [6.07, 6.45) is 3.86. The van der Waals surface area contributed by atoms with Crippen LogP contribution in [0.2, 0.25) is 0 Å². The quantitative estimate of drug-likeness (QED) is 0.815. The third-order valence-corrected chi connectivity index (χ3v) is 3.39. The van der Waals surface area contributed by atoms with Gasteiger partial charge in [-0.15, -0.1) is 0 Å². The highest BCUT2D eigenvalue weighted by atomic mass is 16.5. The standard InChI is InChI=1S/C15H23NO/c1-3-17-11-12(2)16-10-13-7-8-14-5-4-6-15(14)9-13/h7-9,12,16H,3-6,10-11H2,1-2H3. The second-order valence-corrected chi connectivity index (χ2v) is 4.90. The van der Waals surface area contributed by atoms with Crippen LogP contribution in [-0.2, 0) is 24.1 Å². The molecule has 0 bridgehead atoms. The second-order valence-electron chi connectivity index (χ2n) is 4.90. The van der Waals surface area contributed by atoms with Gasteiger partial charge in [-0.25, -0.2) is 0 Å². The summed E-state index contributed by atoms with van der Waals surface area (Å²) in [5.74, 6) is 0. The summed E-state index contributed by atoms with van der Waals surface area (Å²) in [4.78, 5) is 0. The van der Waals surface area contributed by atoms with Crippen molar-refractivity contribution < 1.29 is 4.74 Å². The minimum Gasteiger partial charge on any atom is -0.380 e. The Kier molecular flexibility index (Phi) is 4.57. The molecule has 0 aliphatic heterocycles. The maximum Gasteiger partial charge on any atom is 0.0616 e. The smallest absolute Gasteiger partial charge is 0.0616 e. The topological polar surface area (TPSA) is 21.3 Å². The van der Waals surface area contributed by atoms with Gasteiger partial charge in [-0.05, 0) is 49.8 Å². The molecule has 2 rings (SSSR count). The molecule has 1 aliphatic rings. The monoisotopic (exact) mass is 233 g/mol. The Morgan fingerprint density at radius 2 is 2.12 bits per heavy atom. The lowest BCUT2D eigenvalue weighted by Gasteiger charge is -2.14. The molecule has 0 spiro atoms. The summed E-state index contributed by atoms with van der Waals surface area (Å²) in [6, 6.07) is 7.34. The predicted molar refractivity (Wildman–Crippen MR) is 71.3 cm³/mol. The average Bonchev–Trinajstić information content (AvgIpc) is 2.81. The van der Waals surface area contributed by atoms with E-state index in [0.29, 0.717) is 6.04 Å². The Bertz CT molecular complexity index is 362. The van der Waals surface area contributed by atoms with Crippen LogP contribution >= 0.6 is 0 Å². The highest BCUT2D eigenvalue weighted by Gasteiger charge is 2.10. The molecule has 1 aromatic carbocycles. The van der Waals surface area contributed by atoms with Crippen molar-refractivity contribution in [3.05, 3.63) is 34.9 Å². The molecule has 1 unspecified atom stereocenters. The van der Waals surface area contributed by atoms with Crippen molar-refractivity contribution in [1.29, 1.82) is 0 Å². The van der Waals surface area contributed by atoms with Crippen LogP contribution in [0.15, 0.2) is 18.2 Å². The van der Waals surface area contributed by atoms with Gasteiger partial charge in [0.25, 0.3) is 0 Å². The van der Waals surface area contributed by atoms with Gasteiger partial charge in [0, 0.05) is 19.2 Å². The number of nitrogens with one attached hydrogen (secondary N) is 1. The lowest BCUT2D eigenvalue weighted by atomic mass is 10.1. The molecule has 17 heavy (non-hydrogen) atoms. The van der Waals surface area contributed by atoms with E-state index in [-0.39, 0.29) is 0 Å². The molecule has 1 aromatic rings. The molecule has 0 saturated carbocycles. The molecule has 0 heterocycles. The molecule has 0 aromatic heterocycles. The van der Waals surface area contributed by atoms with Gasteiger partial charge >= 0.3 is 0 Å². The lowest BCUT2D eigenvalue weighted by Crippen LogP contribution is -2.30. The summed E-state index contributed by atoms with van der Waals surface area (Å²) >= 11 is 0. The van der Waals surface area contributed by atoms with Gasteiger partial charge in [0.05, 0.1) is 6.61 Å². The van der Waals surface area contributed by atoms with Crippen molar-refractivity contribution >= 4 is 0 Å². The van der Waals surface area contributed by atoms with E-state index in [1.165, 1.54) is 24.8 Å². The third kappa shape index (κ3) is 3.55. The lowest BCUT2D eigenvalue weighted by molar-refractivity contribution is 0.127. The number of hydrogen-bond acceptors (Lipinski definition) is 2. The number of aryl methyl sites for hydroxylation is 2. The molecule has 0 fully saturated rings. The number of benzene rings is 1. The van der Waals surface area contributed by atoms with Crippen molar-refractivity contribution in [2.24, 2.45) is 0 Å². The zero-order chi connectivity index (χ0) is 12.1. The van der Waals surface area contributed by atoms with E-state index < -0.39 is 0 Å². The van der Waals surface area contributed by atoms with Crippen LogP contribution in [0.3, 0.4) is 0 Å². The number of ether oxygens (including phenoxy) is 1. The van der Waals surface area contributed by atoms with Gasteiger partial charge in [0.15, 0.2) is 0 Å². The van der Waals surface area contributed by atoms with Gasteiger partial charge in [0.2, 0.25) is 0 Å². The molecule has 1 atom stereocenters. The molecule has 1 aliphatic carbocycles. The number of rotatable bonds is 6. The van der Waals surface area contributed by atoms with Gasteiger partial charge in [-0.2, -0.15) is 0 Å². The fourth-order valence-electron chi connectivity index (χ4n) is 2.38. The molecular weight excluding hydrogens is 210 g/mol. The van der Waals surface area contributed by atoms with Crippen molar-refractivity contribution in [1.82, 2.24) is 5.32 Å². The van der Waals surface area contributed by atoms with Gasteiger partial charge in [0.1, 0.15) is 0 Å². The Balaban J connectivity index is 1.83. The van der Waals surface area contributed by atoms with E-state index in [4.69, 9.17) is 4.74 Å². The second kappa shape index (κ2) is 6.18. The fraction of sp³-hybridized carbons (Fsp3) is 0.600. The van der Waals surface area contributed by atoms with Crippen molar-refractivity contribution in [2.45, 2.75) is 45.7 Å². The number of fused-ring (bicyclic) bond motifs is 1. The van der Waals surface area contributed by atoms with E-state index in [9.17, 15) is 0 Å². The zero-order valence-corrected chi connectivity index (χ0v) is 11.0. The normalized spacial score (nSPS) is 15.9. The van der Waals surface area contributed by atoms with Gasteiger partial charge in [-0.3, -0.25) is 0 Å². The van der Waals surface area contributed by atoms with E-state index in [2.05, 4.69) is 30.4 Å². The van der Waals surface area contributed by atoms with Crippen molar-refractivity contribution in [3.63, 3.8) is 0 Å². The zero-order valence-electron chi connectivity index (χ0n) is 11.0. The third-order valence-electron chi connectivity index (χ3n) is 3.39. The molecule has 2 nitrogen and oxygen atoms in total. The van der Waals surface area contributed by atoms with Crippen LogP contribution < -0.4 is 5.32 Å². The van der Waals surface area contributed by atoms with Gasteiger partial charge in [-0.1, -0.05) is 18.2 Å². The van der Waals surface area contributed by atoms with Crippen LogP contribution in [0.4, 0.5) is 0 Å². The highest BCUT2D eigenvalue weighted by molar-refractivity contribution is 5.35. The van der Waals surface area contributed by atoms with E-state index in [1.807, 2.05) is 6.92 Å². The average molecular weight is 233 g/mol. The van der Waals surface area contributed by atoms with Crippen molar-refractivity contribution in [2.75, 3.05) is 13.2 Å². The minimum atomic E-state index is 0.420. The highest BCUT2D eigenvalue weighted by Crippen LogP contribution is 2.22. The predicted octanol–water partition coefficient (Wildman–Crippen LogP) is 2.69. The Labute approximate surface area is 104 Å². The van der Waals surface area contributed by atoms with Gasteiger partial charge < -0.3 is 10.1 Å². The first-order valence-electron chi connectivity index (χ1n) is 6.71. The molecule has 94 valence electrons. The molecule has 0 saturated heterocycles. The molecule has 2 heteroatoms. The maximum absolute atomic E-state index is 5.40. The largest absolute Gasteiger partial charge is 0.380 e. The summed E-state index contributed by atoms with van der Waals surface area (Å²) in [7, 11) is 0. The first-order chi connectivity index (χ1) is 8.29. The summed E-state index contributed by atoms with van der Waals surface area (Å²) in [5, 5.41) is 3.50. The van der Waals surface area contributed by atoms with Crippen LogP contribution in [0, 0.1) is 0 Å². The van der Waals surface area contributed by atoms with E-state index in [1.54, 1.807) is 11.1 Å². The first-order valence-corrected chi connectivity index (χ1v) is 6.71. The summed E-state index contributed by atoms with van der Waals surface area (Å²) in [6.45, 7) is 6.74.